The number of carbonyl (C=O) groups is 1. The van der Waals surface area contributed by atoms with Crippen LogP contribution in [0.1, 0.15) is 50.5 Å². The summed E-state index contributed by atoms with van der Waals surface area (Å²) in [6.45, 7) is 10.0. The van der Waals surface area contributed by atoms with E-state index in [1.165, 1.54) is 5.56 Å². The van der Waals surface area contributed by atoms with Crippen molar-refractivity contribution in [2.45, 2.75) is 45.3 Å². The van der Waals surface area contributed by atoms with Crippen molar-refractivity contribution < 1.29 is 9.53 Å². The monoisotopic (exact) mass is 382 g/mol. The summed E-state index contributed by atoms with van der Waals surface area (Å²) in [6.07, 6.45) is 0. The maximum Gasteiger partial charge on any atom is 0.159 e. The number of carbonyl (C=O) groups excluding carboxylic acids is 1. The second kappa shape index (κ2) is 7.90. The van der Waals surface area contributed by atoms with Crippen molar-refractivity contribution in [2.24, 2.45) is 0 Å². The van der Waals surface area contributed by atoms with Crippen LogP contribution in [-0.4, -0.2) is 13.6 Å². The molecule has 3 heteroatoms. The molecule has 3 aromatic rings. The van der Waals surface area contributed by atoms with E-state index in [0.717, 1.165) is 22.6 Å². The number of ether oxygens (including phenoxy) is 1. The van der Waals surface area contributed by atoms with Crippen LogP contribution < -0.4 is 4.74 Å². The molecule has 0 atom stereocenters. The zero-order chi connectivity index (χ0) is 21.2. The van der Waals surface area contributed by atoms with Gasteiger partial charge in [-0.3, -0.25) is 4.79 Å². The van der Waals surface area contributed by atoms with Crippen molar-refractivity contribution in [3.8, 4) is 22.6 Å². The maximum atomic E-state index is 12.3. The smallest absolute Gasteiger partial charge is 0.159 e. The van der Waals surface area contributed by atoms with Gasteiger partial charge in [-0.25, -0.2) is 0 Å². The van der Waals surface area contributed by atoms with Gasteiger partial charge in [0, 0.05) is 5.56 Å². The van der Waals surface area contributed by atoms with E-state index in [-0.39, 0.29) is 11.2 Å². The molecule has 0 aromatic heterocycles. The molecule has 0 aliphatic rings. The van der Waals surface area contributed by atoms with E-state index in [9.17, 15) is 4.79 Å². The zero-order valence-corrected chi connectivity index (χ0v) is 17.8. The number of benzene rings is 3. The number of rotatable bonds is 5. The summed E-state index contributed by atoms with van der Waals surface area (Å²) in [4.78, 5) is 12.3. The molecule has 0 N–H and O–H groups in total. The second-order valence-electron chi connectivity index (χ2n) is 9.03. The second-order valence-corrected chi connectivity index (χ2v) is 9.03. The van der Waals surface area contributed by atoms with Crippen molar-refractivity contribution in [1.82, 2.24) is 0 Å². The number of hydrogen-bond acceptors (Lipinski definition) is 2. The van der Waals surface area contributed by atoms with Crippen molar-refractivity contribution in [3.05, 3.63) is 83.9 Å². The van der Waals surface area contributed by atoms with Crippen molar-refractivity contribution in [3.63, 3.8) is 0 Å². The Hall–Kier alpha value is -2.81. The quantitative estimate of drug-likeness (QED) is 0.351. The summed E-state index contributed by atoms with van der Waals surface area (Å²) >= 11 is 0. The van der Waals surface area contributed by atoms with Crippen molar-refractivity contribution >= 4 is 13.6 Å². The van der Waals surface area contributed by atoms with Crippen LogP contribution in [0.25, 0.3) is 11.1 Å². The molecule has 0 saturated heterocycles. The molecule has 3 rings (SSSR count). The summed E-state index contributed by atoms with van der Waals surface area (Å²) in [7, 11) is 5.91. The van der Waals surface area contributed by atoms with Crippen LogP contribution in [0.4, 0.5) is 0 Å². The molecule has 0 bridgehead atoms. The van der Waals surface area contributed by atoms with E-state index in [2.05, 4.69) is 32.9 Å². The first-order valence-electron chi connectivity index (χ1n) is 9.87. The molecular weight excluding hydrogens is 355 g/mol. The van der Waals surface area contributed by atoms with Crippen LogP contribution in [0.2, 0.25) is 5.31 Å². The SMILES string of the molecule is [B]C(C)(C)C(=O)c1ccc(-c2ccc(Oc3ccc(C(C)(C)C)cc3)cc2)cc1. The summed E-state index contributed by atoms with van der Waals surface area (Å²) in [6, 6.07) is 23.7. The highest BCUT2D eigenvalue weighted by molar-refractivity contribution is 6.31. The molecule has 0 aliphatic heterocycles. The van der Waals surface area contributed by atoms with Crippen LogP contribution >= 0.6 is 0 Å². The molecule has 0 fully saturated rings. The molecule has 3 aromatic carbocycles. The Bertz CT molecular complexity index is 971. The summed E-state index contributed by atoms with van der Waals surface area (Å²) < 4.78 is 5.97. The van der Waals surface area contributed by atoms with E-state index in [1.54, 1.807) is 13.8 Å². The normalized spacial score (nSPS) is 11.9. The summed E-state index contributed by atoms with van der Waals surface area (Å²) in [5.74, 6) is 1.54. The molecule has 0 amide bonds. The fourth-order valence-corrected chi connectivity index (χ4v) is 3.06. The highest BCUT2D eigenvalue weighted by Gasteiger charge is 2.22. The molecule has 0 unspecified atom stereocenters. The van der Waals surface area contributed by atoms with E-state index >= 15 is 0 Å². The van der Waals surface area contributed by atoms with Gasteiger partial charge in [0.25, 0.3) is 0 Å². The molecule has 0 spiro atoms. The summed E-state index contributed by atoms with van der Waals surface area (Å²) in [5, 5.41) is -0.869. The Morgan fingerprint density at radius 1 is 0.690 bits per heavy atom. The van der Waals surface area contributed by atoms with Crippen LogP contribution in [0.5, 0.6) is 11.5 Å². The average molecular weight is 382 g/mol. The lowest BCUT2D eigenvalue weighted by atomic mass is 9.67. The van der Waals surface area contributed by atoms with E-state index in [0.29, 0.717) is 5.56 Å². The molecule has 2 radical (unpaired) electrons. The van der Waals surface area contributed by atoms with Gasteiger partial charge in [0.15, 0.2) is 5.78 Å². The first kappa shape index (κ1) is 20.9. The molecule has 0 heterocycles. The fraction of sp³-hybridized carbons (Fsp3) is 0.269. The first-order chi connectivity index (χ1) is 13.5. The first-order valence-corrected chi connectivity index (χ1v) is 9.87. The van der Waals surface area contributed by atoms with Crippen LogP contribution in [0.3, 0.4) is 0 Å². The van der Waals surface area contributed by atoms with E-state index in [4.69, 9.17) is 12.6 Å². The van der Waals surface area contributed by atoms with Gasteiger partial charge >= 0.3 is 0 Å². The predicted octanol–water partition coefficient (Wildman–Crippen LogP) is 6.99. The van der Waals surface area contributed by atoms with Gasteiger partial charge in [0.1, 0.15) is 11.5 Å². The Kier molecular flexibility index (Phi) is 5.70. The van der Waals surface area contributed by atoms with Crippen LogP contribution in [0.15, 0.2) is 72.8 Å². The Labute approximate surface area is 175 Å². The molecule has 0 aliphatic carbocycles. The number of ketones is 1. The summed E-state index contributed by atoms with van der Waals surface area (Å²) in [5.41, 5.74) is 4.13. The lowest BCUT2D eigenvalue weighted by Crippen LogP contribution is -2.17. The largest absolute Gasteiger partial charge is 0.457 e. The van der Waals surface area contributed by atoms with Gasteiger partial charge in [-0.15, -0.1) is 0 Å². The van der Waals surface area contributed by atoms with Gasteiger partial charge < -0.3 is 4.74 Å². The maximum absolute atomic E-state index is 12.3. The van der Waals surface area contributed by atoms with Gasteiger partial charge in [-0.05, 0) is 51.7 Å². The standard InChI is InChI=1S/C26H27BO2/c1-25(2,3)21-12-16-23(17-13-21)29-22-14-10-19(11-15-22)18-6-8-20(9-7-18)24(28)26(4,5)27/h6-17H,1-5H3. The molecule has 2 nitrogen and oxygen atoms in total. The Balaban J connectivity index is 1.71. The van der Waals surface area contributed by atoms with Gasteiger partial charge in [0.05, 0.1) is 7.85 Å². The van der Waals surface area contributed by atoms with E-state index < -0.39 is 5.31 Å². The van der Waals surface area contributed by atoms with Gasteiger partial charge in [-0.2, -0.15) is 0 Å². The lowest BCUT2D eigenvalue weighted by Gasteiger charge is -2.19. The highest BCUT2D eigenvalue weighted by atomic mass is 16.5. The zero-order valence-electron chi connectivity index (χ0n) is 17.8. The minimum absolute atomic E-state index is 0.0646. The van der Waals surface area contributed by atoms with Crippen molar-refractivity contribution in [2.75, 3.05) is 0 Å². The lowest BCUT2D eigenvalue weighted by molar-refractivity contribution is 0.0949. The average Bonchev–Trinajstić information content (AvgIpc) is 2.67. The minimum Gasteiger partial charge on any atom is -0.457 e. The minimum atomic E-state index is -0.869. The van der Waals surface area contributed by atoms with Crippen molar-refractivity contribution in [1.29, 1.82) is 0 Å². The van der Waals surface area contributed by atoms with E-state index in [1.807, 2.05) is 60.7 Å². The number of Topliss-reactive ketones (excluding diaryl/α,β-unsaturated/α-hetero) is 1. The Morgan fingerprint density at radius 2 is 1.10 bits per heavy atom. The van der Waals surface area contributed by atoms with Crippen LogP contribution in [-0.2, 0) is 5.41 Å². The molecule has 29 heavy (non-hydrogen) atoms. The molecule has 0 saturated carbocycles. The van der Waals surface area contributed by atoms with Gasteiger partial charge in [-0.1, -0.05) is 83.1 Å². The molecular formula is C26H27BO2. The molecule has 146 valence electrons. The fourth-order valence-electron chi connectivity index (χ4n) is 3.06. The third kappa shape index (κ3) is 5.17. The highest BCUT2D eigenvalue weighted by Crippen LogP contribution is 2.30. The number of hydrogen-bond donors (Lipinski definition) is 0. The Morgan fingerprint density at radius 3 is 1.52 bits per heavy atom. The third-order valence-electron chi connectivity index (χ3n) is 4.88. The third-order valence-corrected chi connectivity index (χ3v) is 4.88. The predicted molar refractivity (Wildman–Crippen MR) is 121 cm³/mol. The van der Waals surface area contributed by atoms with Gasteiger partial charge in [0.2, 0.25) is 0 Å². The topological polar surface area (TPSA) is 26.3 Å². The van der Waals surface area contributed by atoms with Crippen LogP contribution in [0, 0.1) is 0 Å².